The van der Waals surface area contributed by atoms with Crippen LogP contribution in [-0.2, 0) is 48.1 Å². The third-order valence-electron chi connectivity index (χ3n) is 15.5. The molecule has 3 unspecified atom stereocenters. The van der Waals surface area contributed by atoms with Gasteiger partial charge in [-0.3, -0.25) is 9.36 Å². The third-order valence-corrected chi connectivity index (χ3v) is 17.4. The summed E-state index contributed by atoms with van der Waals surface area (Å²) in [5.74, 6) is -3.23. The van der Waals surface area contributed by atoms with Crippen molar-refractivity contribution in [3.63, 3.8) is 0 Å². The number of ether oxygens (including phenoxy) is 6. The number of rotatable bonds is 16. The summed E-state index contributed by atoms with van der Waals surface area (Å²) in [5.41, 5.74) is 2.82. The zero-order valence-corrected chi connectivity index (χ0v) is 68.7. The van der Waals surface area contributed by atoms with Crippen molar-refractivity contribution in [1.29, 1.82) is 0 Å². The second-order valence-corrected chi connectivity index (χ2v) is 31.5. The van der Waals surface area contributed by atoms with Crippen LogP contribution in [0.5, 0.6) is 12.0 Å². The molecular weight excluding hydrogens is 1870 g/mol. The minimum Gasteiger partial charge on any atom is -1.00 e. The zero-order chi connectivity index (χ0) is 80.0. The van der Waals surface area contributed by atoms with Gasteiger partial charge in [0.1, 0.15) is 104 Å². The van der Waals surface area contributed by atoms with E-state index in [9.17, 15) is 50.9 Å². The van der Waals surface area contributed by atoms with Crippen molar-refractivity contribution in [2.45, 2.75) is 57.3 Å². The molecule has 8 aromatic heterocycles. The number of cyclic esters (lactones) is 3. The fourth-order valence-electron chi connectivity index (χ4n) is 10.7. The Hall–Kier alpha value is -8.65. The fourth-order valence-corrected chi connectivity index (χ4v) is 12.1. The number of alkyl halides is 1. The Morgan fingerprint density at radius 2 is 0.877 bits per heavy atom. The maximum atomic E-state index is 14.2. The molecule has 12 aromatic rings. The first-order valence-electron chi connectivity index (χ1n) is 31.6. The summed E-state index contributed by atoms with van der Waals surface area (Å²) in [6.45, 7) is 1.83. The Morgan fingerprint density at radius 1 is 0.518 bits per heavy atom. The van der Waals surface area contributed by atoms with Crippen LogP contribution in [0.2, 0.25) is 25.4 Å². The maximum absolute atomic E-state index is 14.2. The van der Waals surface area contributed by atoms with Crippen LogP contribution in [0.1, 0.15) is 124 Å². The zero-order valence-electron chi connectivity index (χ0n) is 58.0. The number of nitrogens with one attached hydrogen (secondary N) is 1. The Bertz CT molecular complexity index is 5530. The molecule has 114 heavy (non-hydrogen) atoms. The number of esters is 4. The van der Waals surface area contributed by atoms with Gasteiger partial charge in [-0.25, -0.2) is 51.5 Å². The number of furan rings is 4. The topological polar surface area (TPSA) is 333 Å². The van der Waals surface area contributed by atoms with E-state index in [2.05, 4.69) is 89.5 Å². The summed E-state index contributed by atoms with van der Waals surface area (Å²) < 4.78 is 117. The van der Waals surface area contributed by atoms with Crippen molar-refractivity contribution in [2.75, 3.05) is 20.8 Å². The Morgan fingerprint density at radius 3 is 1.27 bits per heavy atom. The van der Waals surface area contributed by atoms with E-state index < -0.39 is 70.5 Å². The van der Waals surface area contributed by atoms with Crippen molar-refractivity contribution in [2.24, 2.45) is 0 Å². The second-order valence-electron chi connectivity index (χ2n) is 22.3. The number of carbonyl (C=O) groups excluding carboxylic acids is 5. The van der Waals surface area contributed by atoms with Crippen LogP contribution in [0.15, 0.2) is 169 Å². The molecule has 0 spiro atoms. The number of hydrogen-bond donors (Lipinski definition) is 1. The standard InChI is InChI=1S/C18H12ClFN2O4.C17H9Cl2FN2O3.C17H10ClFN2O4.C13H12N2O5.C7H5BrClF.CH4.Cl3OP.HI.Li/c1-24-18-21-15(11-6-3-7-25-11)13-16(22-18)12(26-17(13)23)8-9-4-2-5-10(19)14(9)20;18-9-4-1-3-8(13(9)20)7-11-15-12(16(23)25-11)14(21-17(19)22-15)10-5-2-6-24-10;18-9-4-1-3-8(13(9)19)7-11-15-12(16(22)25-11)14(20-17(23)21-15)10-5-2-6-24-10;1-3-19-12(17)10-8(7-16)14-13(18-2)15-11(10)9-5-4-6-20-9;8-4-5-2-1-3-6(9)7(5)10;;1-5(2,3)4;;/h2-7,12H,8H2,1H3;1-6,11H,7H2;1-6,11H,7H2,(H,20,21,23);4-7H,3H2,1-2H3;1-3H,4H2;1H4;;1H;/q;;;;;;;;+1/p-1. The molecule has 11 heterocycles. The monoisotopic (exact) mass is 1910 g/mol. The first kappa shape index (κ1) is 92.5. The molecule has 0 fully saturated rings. The van der Waals surface area contributed by atoms with Crippen LogP contribution in [0.3, 0.4) is 0 Å². The smallest absolute Gasteiger partial charge is 1.00 e. The quantitative estimate of drug-likeness (QED) is 0.0108. The van der Waals surface area contributed by atoms with Crippen molar-refractivity contribution in [1.82, 2.24) is 39.9 Å². The van der Waals surface area contributed by atoms with Gasteiger partial charge in [-0.1, -0.05) is 118 Å². The second kappa shape index (κ2) is 42.3. The van der Waals surface area contributed by atoms with Crippen molar-refractivity contribution in [3.8, 4) is 57.8 Å². The summed E-state index contributed by atoms with van der Waals surface area (Å²) in [5, 5.41) is -2.62. The van der Waals surface area contributed by atoms with Crippen LogP contribution < -0.4 is 58.0 Å². The molecule has 3 aliphatic heterocycles. The number of halogens is 14. The fraction of sp³-hybridized carbons (Fsp3) is 0.164. The molecule has 0 saturated carbocycles. The average Bonchev–Trinajstić information content (AvgIpc) is 1.59. The first-order chi connectivity index (χ1) is 53.1. The van der Waals surface area contributed by atoms with Crippen LogP contribution in [-0.4, -0.2) is 90.9 Å². The molecule has 1 N–H and O–H groups in total. The molecule has 25 nitrogen and oxygen atoms in total. The average molecular weight is 1920 g/mol. The number of fused-ring (bicyclic) bond motifs is 3. The number of nitrogens with zero attached hydrogens (tertiary/aromatic N) is 7. The molecule has 4 aromatic carbocycles. The Kier molecular flexibility index (Phi) is 34.3. The molecule has 41 heteroatoms. The number of benzene rings is 4. The van der Waals surface area contributed by atoms with Crippen molar-refractivity contribution < 1.29 is 135 Å². The van der Waals surface area contributed by atoms with Gasteiger partial charge in [0.15, 0.2) is 29.3 Å². The number of aldehydes is 1. The maximum Gasteiger partial charge on any atom is 1.00 e. The van der Waals surface area contributed by atoms with Gasteiger partial charge in [0.25, 0.3) is 0 Å². The molecule has 0 bridgehead atoms. The number of aromatic nitrogens is 8. The molecular formula is C73H52BrCl8F4ILiN8O17P. The molecule has 0 amide bonds. The Labute approximate surface area is 720 Å². The predicted molar refractivity (Wildman–Crippen MR) is 407 cm³/mol. The van der Waals surface area contributed by atoms with E-state index in [1.54, 1.807) is 104 Å². The van der Waals surface area contributed by atoms with Gasteiger partial charge in [0, 0.05) is 24.6 Å². The van der Waals surface area contributed by atoms with E-state index in [1.165, 1.54) is 63.5 Å². The largest absolute Gasteiger partial charge is 1.00 e. The van der Waals surface area contributed by atoms with Crippen LogP contribution in [0, 0.1) is 23.3 Å². The number of carbonyl (C=O) groups is 5. The molecule has 15 rings (SSSR count). The number of methoxy groups -OCH3 is 2. The van der Waals surface area contributed by atoms with E-state index in [0.29, 0.717) is 57.0 Å². The Balaban J connectivity index is 0.000000197. The molecule has 0 aliphatic carbocycles. The van der Waals surface area contributed by atoms with Crippen LogP contribution in [0.4, 0.5) is 17.6 Å². The van der Waals surface area contributed by atoms with Gasteiger partial charge in [-0.15, -0.1) is 0 Å². The number of H-pyrrole nitrogens is 1. The van der Waals surface area contributed by atoms with E-state index in [1.807, 2.05) is 0 Å². The van der Waals surface area contributed by atoms with E-state index in [-0.39, 0.29) is 187 Å². The van der Waals surface area contributed by atoms with Gasteiger partial charge in [0.2, 0.25) is 5.28 Å². The SMILES string of the molecule is C.CCOC(=O)c1c(C=O)nc(OC)nc1-c1ccco1.COc1nc(-c2ccco2)c2c(n1)C(Cc1cccc(Cl)c1F)OC2=O.Fc1c(Cl)cccc1CBr.O=C1OC(Cc2cccc(Cl)c2F)c2[nH]c(=O)nc(-c3ccco3)c21.O=C1OC(Cc2cccc(Cl)c2F)c2nc(Cl)nc(-c3ccco3)c21.O=P(Cl)(Cl)Cl.[I-].[Li+]. The summed E-state index contributed by atoms with van der Waals surface area (Å²) >= 11 is 45.9. The minimum atomic E-state index is -3.22. The minimum absolute atomic E-state index is 0. The normalized spacial score (nSPS) is 13.7. The van der Waals surface area contributed by atoms with E-state index in [4.69, 9.17) is 104 Å². The molecule has 3 aliphatic rings. The van der Waals surface area contributed by atoms with Crippen LogP contribution >= 0.6 is 113 Å². The predicted octanol–water partition coefficient (Wildman–Crippen LogP) is 14.5. The van der Waals surface area contributed by atoms with E-state index in [0.717, 1.165) is 0 Å². The summed E-state index contributed by atoms with van der Waals surface area (Å²) in [4.78, 5) is 103. The van der Waals surface area contributed by atoms with Gasteiger partial charge in [-0.2, -0.15) is 24.9 Å². The van der Waals surface area contributed by atoms with Gasteiger partial charge < -0.3 is 75.1 Å². The first-order valence-corrected chi connectivity index (χ1v) is 39.1. The van der Waals surface area contributed by atoms with Gasteiger partial charge in [-0.05, 0) is 147 Å². The van der Waals surface area contributed by atoms with E-state index >= 15 is 0 Å². The van der Waals surface area contributed by atoms with Crippen LogP contribution in [0.25, 0.3) is 45.8 Å². The summed E-state index contributed by atoms with van der Waals surface area (Å²) in [6, 6.07) is 32.0. The summed E-state index contributed by atoms with van der Waals surface area (Å²) in [7, 11) is 2.77. The van der Waals surface area contributed by atoms with Crippen molar-refractivity contribution >= 4 is 143 Å². The third kappa shape index (κ3) is 22.7. The van der Waals surface area contributed by atoms with Crippen molar-refractivity contribution in [3.05, 3.63) is 273 Å². The molecule has 590 valence electrons. The summed E-state index contributed by atoms with van der Waals surface area (Å²) in [6.07, 6.45) is 3.99. The molecule has 3 atom stereocenters. The number of aromatic amines is 1. The van der Waals surface area contributed by atoms with Gasteiger partial charge >= 0.3 is 65.6 Å². The van der Waals surface area contributed by atoms with Gasteiger partial charge in [0.05, 0.1) is 71.7 Å². The number of hydrogen-bond acceptors (Lipinski definition) is 24. The molecule has 0 saturated heterocycles. The molecule has 0 radical (unpaired) electrons.